The number of fused-ring (bicyclic) bond motifs is 3. The van der Waals surface area contributed by atoms with E-state index in [0.717, 1.165) is 66.9 Å². The van der Waals surface area contributed by atoms with E-state index in [1.54, 1.807) is 11.2 Å². The van der Waals surface area contributed by atoms with Crippen LogP contribution in [0.2, 0.25) is 0 Å². The van der Waals surface area contributed by atoms with Crippen LogP contribution in [0.4, 0.5) is 10.6 Å². The third-order valence-corrected chi connectivity index (χ3v) is 9.60. The van der Waals surface area contributed by atoms with E-state index in [9.17, 15) is 9.35 Å². The van der Waals surface area contributed by atoms with Crippen molar-refractivity contribution in [3.63, 3.8) is 0 Å². The molecule has 1 aliphatic heterocycles. The molecule has 2 aromatic carbocycles. The summed E-state index contributed by atoms with van der Waals surface area (Å²) in [6, 6.07) is 16.9. The van der Waals surface area contributed by atoms with E-state index in [1.807, 2.05) is 39.0 Å². The largest absolute Gasteiger partial charge is 0.609 e. The molecule has 0 bridgehead atoms. The maximum absolute atomic E-state index is 12.7. The summed E-state index contributed by atoms with van der Waals surface area (Å²) >= 11 is -1.31. The van der Waals surface area contributed by atoms with E-state index in [4.69, 9.17) is 19.4 Å². The zero-order valence-corrected chi connectivity index (χ0v) is 26.5. The zero-order valence-electron chi connectivity index (χ0n) is 25.7. The number of amides is 1. The number of aryl methyl sites for hydroxylation is 1. The van der Waals surface area contributed by atoms with Gasteiger partial charge in [-0.15, -0.1) is 0 Å². The van der Waals surface area contributed by atoms with Crippen molar-refractivity contribution in [3.8, 4) is 5.75 Å². The van der Waals surface area contributed by atoms with Crippen LogP contribution in [-0.2, 0) is 47.2 Å². The maximum Gasteiger partial charge on any atom is 0.410 e. The minimum absolute atomic E-state index is 0.0275. The van der Waals surface area contributed by atoms with E-state index in [1.165, 1.54) is 11.1 Å². The molecule has 228 valence electrons. The second kappa shape index (κ2) is 12.0. The molecule has 1 saturated heterocycles. The van der Waals surface area contributed by atoms with E-state index in [-0.39, 0.29) is 11.5 Å². The smallest absolute Gasteiger partial charge is 0.410 e. The fourth-order valence-electron chi connectivity index (χ4n) is 6.78. The second-order valence-corrected chi connectivity index (χ2v) is 14.3. The van der Waals surface area contributed by atoms with Crippen molar-refractivity contribution in [1.82, 2.24) is 14.9 Å². The van der Waals surface area contributed by atoms with Gasteiger partial charge in [-0.05, 0) is 81.7 Å². The van der Waals surface area contributed by atoms with Gasteiger partial charge in [-0.2, -0.15) is 9.97 Å². The van der Waals surface area contributed by atoms with E-state index in [2.05, 4.69) is 35.2 Å². The highest BCUT2D eigenvalue weighted by molar-refractivity contribution is 7.90. The number of nitrogens with zero attached hydrogens (tertiary/aromatic N) is 4. The summed E-state index contributed by atoms with van der Waals surface area (Å²) in [6.07, 6.45) is 7.36. The summed E-state index contributed by atoms with van der Waals surface area (Å²) in [4.78, 5) is 26.4. The van der Waals surface area contributed by atoms with Gasteiger partial charge in [0.05, 0.1) is 5.69 Å². The van der Waals surface area contributed by atoms with E-state index < -0.39 is 16.8 Å². The minimum Gasteiger partial charge on any atom is -0.609 e. The minimum atomic E-state index is -1.31. The van der Waals surface area contributed by atoms with Crippen molar-refractivity contribution in [1.29, 1.82) is 0 Å². The Morgan fingerprint density at radius 3 is 2.51 bits per heavy atom. The molecule has 2 heterocycles. The van der Waals surface area contributed by atoms with Gasteiger partial charge >= 0.3 is 11.2 Å². The standard InChI is InChI=1S/C34H42N4O4S/c1-33(2,3)42-32(39)38-19-17-37(18-20-38)30-27-14-16-34(22-29(27)35-31(36-30)43(4)40)15-8-11-25-12-13-26(21-28(25)34)41-23-24-9-6-5-7-10-24/h5-7,9-10,12-13,21H,8,11,14-20,22-23H2,1-4H3. The molecule has 2 unspecified atom stereocenters. The van der Waals surface area contributed by atoms with Crippen LogP contribution in [0.3, 0.4) is 0 Å². The normalized spacial score (nSPS) is 20.8. The third kappa shape index (κ3) is 6.48. The lowest BCUT2D eigenvalue weighted by Crippen LogP contribution is -2.50. The number of ether oxygens (including phenoxy) is 2. The van der Waals surface area contributed by atoms with Crippen molar-refractivity contribution in [2.24, 2.45) is 0 Å². The highest BCUT2D eigenvalue weighted by Gasteiger charge is 2.42. The Morgan fingerprint density at radius 1 is 1.02 bits per heavy atom. The van der Waals surface area contributed by atoms with Gasteiger partial charge < -0.3 is 23.8 Å². The monoisotopic (exact) mass is 602 g/mol. The highest BCUT2D eigenvalue weighted by atomic mass is 32.2. The molecule has 8 nitrogen and oxygen atoms in total. The van der Waals surface area contributed by atoms with Gasteiger partial charge in [-0.25, -0.2) is 4.79 Å². The highest BCUT2D eigenvalue weighted by Crippen LogP contribution is 2.48. The number of anilines is 1. The average molecular weight is 603 g/mol. The summed E-state index contributed by atoms with van der Waals surface area (Å²) in [5.74, 6) is 1.78. The molecule has 43 heavy (non-hydrogen) atoms. The molecular formula is C34H42N4O4S. The Bertz CT molecular complexity index is 1470. The quantitative estimate of drug-likeness (QED) is 0.277. The molecular weight excluding hydrogens is 560 g/mol. The van der Waals surface area contributed by atoms with E-state index in [0.29, 0.717) is 37.9 Å². The van der Waals surface area contributed by atoms with Crippen molar-refractivity contribution in [3.05, 3.63) is 76.5 Å². The summed E-state index contributed by atoms with van der Waals surface area (Å²) < 4.78 is 24.6. The number of rotatable bonds is 5. The number of carbonyl (C=O) groups is 1. The zero-order chi connectivity index (χ0) is 30.2. The first-order valence-electron chi connectivity index (χ1n) is 15.4. The Kier molecular flexibility index (Phi) is 8.31. The first kappa shape index (κ1) is 29.8. The molecule has 0 radical (unpaired) electrons. The Morgan fingerprint density at radius 2 is 1.79 bits per heavy atom. The van der Waals surface area contributed by atoms with Crippen LogP contribution in [0, 0.1) is 0 Å². The predicted octanol–water partition coefficient (Wildman–Crippen LogP) is 5.61. The summed E-state index contributed by atoms with van der Waals surface area (Å²) in [5, 5.41) is 0.386. The summed E-state index contributed by atoms with van der Waals surface area (Å²) in [7, 11) is 0. The Labute approximate surface area is 258 Å². The molecule has 9 heteroatoms. The molecule has 3 aromatic rings. The lowest BCUT2D eigenvalue weighted by molar-refractivity contribution is 0.0240. The van der Waals surface area contributed by atoms with Gasteiger partial charge in [-0.1, -0.05) is 36.4 Å². The van der Waals surface area contributed by atoms with Crippen molar-refractivity contribution in [2.45, 2.75) is 82.1 Å². The van der Waals surface area contributed by atoms with Crippen molar-refractivity contribution < 1.29 is 18.8 Å². The first-order chi connectivity index (χ1) is 20.6. The number of aromatic nitrogens is 2. The first-order valence-corrected chi connectivity index (χ1v) is 16.9. The molecule has 0 N–H and O–H groups in total. The fraction of sp³-hybridized carbons (Fsp3) is 0.500. The van der Waals surface area contributed by atoms with Crippen LogP contribution in [0.5, 0.6) is 5.75 Å². The SMILES string of the molecule is C[S+]([O-])c1nc2c(c(N3CCN(C(=O)OC(C)(C)C)CC3)n1)CCC1(CCCc3ccc(OCc4ccccc4)cc31)C2. The molecule has 1 spiro atoms. The van der Waals surface area contributed by atoms with Crippen LogP contribution in [-0.4, -0.2) is 63.5 Å². The van der Waals surface area contributed by atoms with Gasteiger partial charge in [0.1, 0.15) is 30.0 Å². The molecule has 3 aliphatic rings. The molecule has 1 aromatic heterocycles. The second-order valence-electron chi connectivity index (χ2n) is 13.1. The molecule has 0 saturated carbocycles. The number of hydrogen-bond acceptors (Lipinski definition) is 7. The summed E-state index contributed by atoms with van der Waals surface area (Å²) in [5.41, 5.74) is 5.54. The van der Waals surface area contributed by atoms with Gasteiger partial charge in [0.25, 0.3) is 0 Å². The molecule has 6 rings (SSSR count). The third-order valence-electron chi connectivity index (χ3n) is 8.90. The molecule has 2 aliphatic carbocycles. The summed E-state index contributed by atoms with van der Waals surface area (Å²) in [6.45, 7) is 8.61. The molecule has 1 amide bonds. The topological polar surface area (TPSA) is 90.9 Å². The van der Waals surface area contributed by atoms with Crippen LogP contribution in [0.1, 0.15) is 68.0 Å². The fourth-order valence-corrected chi connectivity index (χ4v) is 7.23. The molecule has 2 atom stereocenters. The number of hydrogen-bond donors (Lipinski definition) is 0. The van der Waals surface area contributed by atoms with Crippen LogP contribution >= 0.6 is 0 Å². The van der Waals surface area contributed by atoms with Gasteiger partial charge in [0.2, 0.25) is 0 Å². The lowest BCUT2D eigenvalue weighted by Gasteiger charge is -2.43. The van der Waals surface area contributed by atoms with Crippen LogP contribution < -0.4 is 9.64 Å². The maximum atomic E-state index is 12.7. The number of piperazine rings is 1. The molecule has 1 fully saturated rings. The van der Waals surface area contributed by atoms with Gasteiger partial charge in [0.15, 0.2) is 0 Å². The Hall–Kier alpha value is -3.30. The van der Waals surface area contributed by atoms with Gasteiger partial charge in [-0.3, -0.25) is 0 Å². The Balaban J connectivity index is 1.25. The van der Waals surface area contributed by atoms with Crippen LogP contribution in [0.25, 0.3) is 0 Å². The number of benzene rings is 2. The lowest BCUT2D eigenvalue weighted by atomic mass is 9.62. The predicted molar refractivity (Wildman–Crippen MR) is 168 cm³/mol. The average Bonchev–Trinajstić information content (AvgIpc) is 2.99. The van der Waals surface area contributed by atoms with Gasteiger partial charge in [0, 0.05) is 54.8 Å². The van der Waals surface area contributed by atoms with Crippen molar-refractivity contribution in [2.75, 3.05) is 37.3 Å². The van der Waals surface area contributed by atoms with E-state index >= 15 is 0 Å². The van der Waals surface area contributed by atoms with Crippen LogP contribution in [0.15, 0.2) is 53.7 Å². The number of carbonyl (C=O) groups excluding carboxylic acids is 1. The van der Waals surface area contributed by atoms with Crippen molar-refractivity contribution >= 4 is 23.1 Å².